The maximum Gasteiger partial charge on any atom is 0.335 e. The number of aromatic nitrogens is 2. The molecule has 17 heavy (non-hydrogen) atoms. The molecule has 1 aliphatic heterocycles. The molecule has 0 bridgehead atoms. The van der Waals surface area contributed by atoms with E-state index < -0.39 is 5.97 Å². The highest BCUT2D eigenvalue weighted by molar-refractivity contribution is 5.90. The van der Waals surface area contributed by atoms with Gasteiger partial charge >= 0.3 is 5.97 Å². The second kappa shape index (κ2) is 3.48. The van der Waals surface area contributed by atoms with Gasteiger partial charge in [-0.25, -0.2) is 9.78 Å². The van der Waals surface area contributed by atoms with Crippen molar-refractivity contribution in [1.29, 1.82) is 0 Å². The van der Waals surface area contributed by atoms with Gasteiger partial charge in [-0.1, -0.05) is 0 Å². The molecule has 1 aliphatic rings. The fourth-order valence-corrected chi connectivity index (χ4v) is 1.77. The lowest BCUT2D eigenvalue weighted by Crippen LogP contribution is -1.97. The zero-order valence-corrected chi connectivity index (χ0v) is 8.70. The third kappa shape index (κ3) is 1.48. The van der Waals surface area contributed by atoms with Crippen LogP contribution in [0.4, 0.5) is 0 Å². The first-order chi connectivity index (χ1) is 8.25. The fraction of sp³-hybridized carbons (Fsp3) is 0. The number of carboxylic acid groups (broad SMARTS) is 1. The molecule has 2 aromatic rings. The summed E-state index contributed by atoms with van der Waals surface area (Å²) in [6.07, 6.45) is 6.57. The third-order valence-electron chi connectivity index (χ3n) is 2.58. The molecule has 0 saturated carbocycles. The number of benzene rings is 1. The molecule has 1 aromatic carbocycles. The Hall–Kier alpha value is -2.56. The molecular weight excluding hydrogens is 220 g/mol. The van der Waals surface area contributed by atoms with Gasteiger partial charge in [0.2, 0.25) is 0 Å². The van der Waals surface area contributed by atoms with Gasteiger partial charge in [-0.15, -0.1) is 0 Å². The van der Waals surface area contributed by atoms with E-state index in [1.807, 2.05) is 0 Å². The van der Waals surface area contributed by atoms with Crippen molar-refractivity contribution in [3.8, 4) is 17.0 Å². The van der Waals surface area contributed by atoms with Crippen molar-refractivity contribution >= 4 is 12.2 Å². The van der Waals surface area contributed by atoms with Crippen molar-refractivity contribution in [3.63, 3.8) is 0 Å². The Morgan fingerprint density at radius 1 is 1.41 bits per heavy atom. The standard InChI is InChI=1S/C12H8N2O3/c15-12(16)8-1-2-11-9(5-8)10-6-13-7-14(10)3-4-17-11/h1-7H,(H,15,16). The van der Waals surface area contributed by atoms with Gasteiger partial charge in [-0.05, 0) is 18.2 Å². The van der Waals surface area contributed by atoms with Crippen LogP contribution in [0.2, 0.25) is 0 Å². The van der Waals surface area contributed by atoms with Crippen LogP contribution in [0, 0.1) is 0 Å². The Morgan fingerprint density at radius 3 is 3.12 bits per heavy atom. The first kappa shape index (κ1) is 9.65. The van der Waals surface area contributed by atoms with Crippen LogP contribution in [-0.2, 0) is 0 Å². The van der Waals surface area contributed by atoms with E-state index in [1.165, 1.54) is 12.3 Å². The normalized spacial score (nSPS) is 12.2. The van der Waals surface area contributed by atoms with Crippen LogP contribution in [0.15, 0.2) is 37.0 Å². The molecule has 3 rings (SSSR count). The largest absolute Gasteiger partial charge is 0.478 e. The summed E-state index contributed by atoms with van der Waals surface area (Å²) in [6.45, 7) is 0. The summed E-state index contributed by atoms with van der Waals surface area (Å²) < 4.78 is 7.18. The maximum atomic E-state index is 10.9. The molecule has 0 radical (unpaired) electrons. The molecule has 1 N–H and O–H groups in total. The molecule has 0 spiro atoms. The van der Waals surface area contributed by atoms with E-state index >= 15 is 0 Å². The number of hydrogen-bond donors (Lipinski definition) is 1. The minimum absolute atomic E-state index is 0.224. The van der Waals surface area contributed by atoms with E-state index in [0.29, 0.717) is 11.3 Å². The lowest BCUT2D eigenvalue weighted by atomic mass is 10.1. The number of carboxylic acids is 1. The van der Waals surface area contributed by atoms with Crippen molar-refractivity contribution in [2.75, 3.05) is 0 Å². The van der Waals surface area contributed by atoms with Gasteiger partial charge in [-0.2, -0.15) is 0 Å². The topological polar surface area (TPSA) is 64.3 Å². The zero-order chi connectivity index (χ0) is 11.8. The van der Waals surface area contributed by atoms with Crippen LogP contribution in [0.1, 0.15) is 10.4 Å². The van der Waals surface area contributed by atoms with E-state index in [-0.39, 0.29) is 5.56 Å². The van der Waals surface area contributed by atoms with Crippen LogP contribution in [0.5, 0.6) is 5.75 Å². The Kier molecular flexibility index (Phi) is 1.98. The van der Waals surface area contributed by atoms with E-state index in [1.54, 1.807) is 35.4 Å². The highest BCUT2D eigenvalue weighted by Crippen LogP contribution is 2.33. The molecule has 0 saturated heterocycles. The maximum absolute atomic E-state index is 10.9. The van der Waals surface area contributed by atoms with Crippen molar-refractivity contribution < 1.29 is 14.6 Å². The average molecular weight is 228 g/mol. The Labute approximate surface area is 96.6 Å². The summed E-state index contributed by atoms with van der Waals surface area (Å²) in [4.78, 5) is 15.0. The lowest BCUT2D eigenvalue weighted by Gasteiger charge is -2.06. The Morgan fingerprint density at radius 2 is 2.29 bits per heavy atom. The molecular formula is C12H8N2O3. The minimum atomic E-state index is -0.962. The van der Waals surface area contributed by atoms with Crippen molar-refractivity contribution in [2.45, 2.75) is 0 Å². The molecule has 0 atom stereocenters. The van der Waals surface area contributed by atoms with E-state index in [2.05, 4.69) is 4.98 Å². The smallest absolute Gasteiger partial charge is 0.335 e. The van der Waals surface area contributed by atoms with Crippen LogP contribution in [0.3, 0.4) is 0 Å². The first-order valence-electron chi connectivity index (χ1n) is 4.98. The van der Waals surface area contributed by atoms with E-state index in [4.69, 9.17) is 9.84 Å². The molecule has 5 heteroatoms. The van der Waals surface area contributed by atoms with Gasteiger partial charge < -0.3 is 14.4 Å². The second-order valence-corrected chi connectivity index (χ2v) is 3.61. The second-order valence-electron chi connectivity index (χ2n) is 3.61. The minimum Gasteiger partial charge on any atom is -0.478 e. The fourth-order valence-electron chi connectivity index (χ4n) is 1.77. The van der Waals surface area contributed by atoms with Crippen LogP contribution >= 0.6 is 0 Å². The summed E-state index contributed by atoms with van der Waals surface area (Å²) in [5, 5.41) is 8.98. The molecule has 0 fully saturated rings. The number of nitrogens with zero attached hydrogens (tertiary/aromatic N) is 2. The number of fused-ring (bicyclic) bond motifs is 3. The highest BCUT2D eigenvalue weighted by Gasteiger charge is 2.15. The van der Waals surface area contributed by atoms with Crippen LogP contribution in [-0.4, -0.2) is 20.6 Å². The van der Waals surface area contributed by atoms with Gasteiger partial charge in [-0.3, -0.25) is 0 Å². The van der Waals surface area contributed by atoms with Gasteiger partial charge in [0.05, 0.1) is 23.8 Å². The lowest BCUT2D eigenvalue weighted by molar-refractivity contribution is 0.0697. The van der Waals surface area contributed by atoms with Crippen molar-refractivity contribution in [1.82, 2.24) is 9.55 Å². The molecule has 0 unspecified atom stereocenters. The quantitative estimate of drug-likeness (QED) is 0.811. The SMILES string of the molecule is O=C(O)c1ccc2c(c1)-c1cncn1C=CO2. The summed E-state index contributed by atoms with van der Waals surface area (Å²) in [6, 6.07) is 4.74. The number of imidazole rings is 1. The zero-order valence-electron chi connectivity index (χ0n) is 8.70. The molecule has 1 aromatic heterocycles. The van der Waals surface area contributed by atoms with E-state index in [9.17, 15) is 4.79 Å². The summed E-state index contributed by atoms with van der Waals surface area (Å²) in [7, 11) is 0. The van der Waals surface area contributed by atoms with Crippen molar-refractivity contribution in [3.05, 3.63) is 42.5 Å². The third-order valence-corrected chi connectivity index (χ3v) is 2.58. The molecule has 0 aliphatic carbocycles. The summed E-state index contributed by atoms with van der Waals surface area (Å²) in [5.74, 6) is -0.346. The Balaban J connectivity index is 2.25. The van der Waals surface area contributed by atoms with Gasteiger partial charge in [0.15, 0.2) is 0 Å². The van der Waals surface area contributed by atoms with Gasteiger partial charge in [0.25, 0.3) is 0 Å². The highest BCUT2D eigenvalue weighted by atomic mass is 16.5. The first-order valence-corrected chi connectivity index (χ1v) is 4.98. The number of rotatable bonds is 1. The van der Waals surface area contributed by atoms with Gasteiger partial charge in [0, 0.05) is 11.8 Å². The van der Waals surface area contributed by atoms with Crippen LogP contribution in [0.25, 0.3) is 17.5 Å². The summed E-state index contributed by atoms with van der Waals surface area (Å²) in [5.41, 5.74) is 1.74. The van der Waals surface area contributed by atoms with Gasteiger partial charge in [0.1, 0.15) is 12.0 Å². The summed E-state index contributed by atoms with van der Waals surface area (Å²) >= 11 is 0. The monoisotopic (exact) mass is 228 g/mol. The van der Waals surface area contributed by atoms with Crippen molar-refractivity contribution in [2.24, 2.45) is 0 Å². The molecule has 84 valence electrons. The van der Waals surface area contributed by atoms with E-state index in [0.717, 1.165) is 5.69 Å². The number of hydrogen-bond acceptors (Lipinski definition) is 3. The van der Waals surface area contributed by atoms with Crippen LogP contribution < -0.4 is 4.74 Å². The molecule has 0 amide bonds. The number of carbonyl (C=O) groups is 1. The predicted octanol–water partition coefficient (Wildman–Crippen LogP) is 2.07. The predicted molar refractivity (Wildman–Crippen MR) is 60.6 cm³/mol. The number of ether oxygens (including phenoxy) is 1. The molecule has 2 heterocycles. The average Bonchev–Trinajstić information content (AvgIpc) is 2.71. The number of aromatic carboxylic acids is 1. The molecule has 5 nitrogen and oxygen atoms in total. The Bertz CT molecular complexity index is 628.